The summed E-state index contributed by atoms with van der Waals surface area (Å²) < 4.78 is 33.1. The van der Waals surface area contributed by atoms with Gasteiger partial charge in [-0.2, -0.15) is 12.7 Å². The SMILES string of the molecule is N[C@@H](CCCNS(=O)(=O)N1CCOCC1)C(=O)N1CCCC1. The topological polar surface area (TPSA) is 105 Å². The van der Waals surface area contributed by atoms with E-state index < -0.39 is 16.3 Å². The Bertz CT molecular complexity index is 459. The highest BCUT2D eigenvalue weighted by molar-refractivity contribution is 7.87. The summed E-state index contributed by atoms with van der Waals surface area (Å²) in [7, 11) is -3.45. The van der Waals surface area contributed by atoms with Crippen molar-refractivity contribution in [2.45, 2.75) is 31.7 Å². The summed E-state index contributed by atoms with van der Waals surface area (Å²) in [4.78, 5) is 13.8. The molecule has 8 nitrogen and oxygen atoms in total. The molecule has 0 aromatic heterocycles. The summed E-state index contributed by atoms with van der Waals surface area (Å²) >= 11 is 0. The van der Waals surface area contributed by atoms with Gasteiger partial charge in [-0.25, -0.2) is 4.72 Å². The van der Waals surface area contributed by atoms with Crippen molar-refractivity contribution in [3.8, 4) is 0 Å². The van der Waals surface area contributed by atoms with Crippen LogP contribution in [0.3, 0.4) is 0 Å². The van der Waals surface area contributed by atoms with Gasteiger partial charge in [-0.3, -0.25) is 4.79 Å². The van der Waals surface area contributed by atoms with Crippen LogP contribution >= 0.6 is 0 Å². The van der Waals surface area contributed by atoms with Crippen LogP contribution in [-0.2, 0) is 19.7 Å². The maximum Gasteiger partial charge on any atom is 0.279 e. The summed E-state index contributed by atoms with van der Waals surface area (Å²) in [6.45, 7) is 3.48. The van der Waals surface area contributed by atoms with E-state index in [0.717, 1.165) is 25.9 Å². The molecule has 2 saturated heterocycles. The summed E-state index contributed by atoms with van der Waals surface area (Å²) in [6, 6.07) is -0.536. The largest absolute Gasteiger partial charge is 0.379 e. The number of morpholine rings is 1. The Morgan fingerprint density at radius 2 is 1.82 bits per heavy atom. The van der Waals surface area contributed by atoms with Crippen molar-refractivity contribution < 1.29 is 17.9 Å². The highest BCUT2D eigenvalue weighted by Crippen LogP contribution is 2.10. The molecule has 1 amide bonds. The van der Waals surface area contributed by atoms with Crippen LogP contribution in [0.5, 0.6) is 0 Å². The molecule has 0 radical (unpaired) electrons. The van der Waals surface area contributed by atoms with E-state index in [1.165, 1.54) is 4.31 Å². The number of carbonyl (C=O) groups excluding carboxylic acids is 1. The molecule has 0 aliphatic carbocycles. The molecular formula is C13H26N4O4S. The molecule has 9 heteroatoms. The Labute approximate surface area is 132 Å². The van der Waals surface area contributed by atoms with Crippen molar-refractivity contribution in [1.29, 1.82) is 0 Å². The molecular weight excluding hydrogens is 308 g/mol. The van der Waals surface area contributed by atoms with Crippen molar-refractivity contribution in [2.75, 3.05) is 45.9 Å². The number of ether oxygens (including phenoxy) is 1. The predicted octanol–water partition coefficient (Wildman–Crippen LogP) is -1.12. The lowest BCUT2D eigenvalue weighted by Gasteiger charge is -2.26. The monoisotopic (exact) mass is 334 g/mol. The lowest BCUT2D eigenvalue weighted by Crippen LogP contribution is -2.47. The van der Waals surface area contributed by atoms with Crippen molar-refractivity contribution in [3.63, 3.8) is 0 Å². The van der Waals surface area contributed by atoms with Gasteiger partial charge in [0.25, 0.3) is 10.2 Å². The molecule has 2 aliphatic heterocycles. The van der Waals surface area contributed by atoms with Gasteiger partial charge in [0.1, 0.15) is 0 Å². The minimum atomic E-state index is -3.45. The molecule has 128 valence electrons. The average molecular weight is 334 g/mol. The first-order valence-electron chi connectivity index (χ1n) is 7.87. The maximum atomic E-state index is 12.0. The van der Waals surface area contributed by atoms with E-state index in [4.69, 9.17) is 10.5 Å². The fraction of sp³-hybridized carbons (Fsp3) is 0.923. The Kier molecular flexibility index (Phi) is 6.57. The third-order valence-electron chi connectivity index (χ3n) is 4.02. The normalized spacial score (nSPS) is 22.0. The van der Waals surface area contributed by atoms with Gasteiger partial charge in [0.05, 0.1) is 19.3 Å². The molecule has 22 heavy (non-hydrogen) atoms. The number of hydrogen-bond donors (Lipinski definition) is 2. The second-order valence-electron chi connectivity index (χ2n) is 5.69. The number of nitrogens with one attached hydrogen (secondary N) is 1. The van der Waals surface area contributed by atoms with Crippen molar-refractivity contribution in [3.05, 3.63) is 0 Å². The van der Waals surface area contributed by atoms with Gasteiger partial charge in [-0.05, 0) is 25.7 Å². The molecule has 0 saturated carbocycles. The Morgan fingerprint density at radius 1 is 1.18 bits per heavy atom. The first kappa shape index (κ1) is 17.6. The van der Waals surface area contributed by atoms with Gasteiger partial charge in [-0.1, -0.05) is 0 Å². The summed E-state index contributed by atoms with van der Waals surface area (Å²) in [5, 5.41) is 0. The average Bonchev–Trinajstić information content (AvgIpc) is 3.06. The van der Waals surface area contributed by atoms with E-state index >= 15 is 0 Å². The first-order chi connectivity index (χ1) is 10.5. The van der Waals surface area contributed by atoms with Crippen LogP contribution in [0.25, 0.3) is 0 Å². The van der Waals surface area contributed by atoms with Gasteiger partial charge in [0, 0.05) is 32.7 Å². The fourth-order valence-corrected chi connectivity index (χ4v) is 3.91. The van der Waals surface area contributed by atoms with E-state index in [-0.39, 0.29) is 5.91 Å². The second kappa shape index (κ2) is 8.21. The quantitative estimate of drug-likeness (QED) is 0.574. The van der Waals surface area contributed by atoms with E-state index in [0.29, 0.717) is 45.7 Å². The van der Waals surface area contributed by atoms with Crippen LogP contribution in [0, 0.1) is 0 Å². The minimum Gasteiger partial charge on any atom is -0.379 e. The fourth-order valence-electron chi connectivity index (χ4n) is 2.70. The third kappa shape index (κ3) is 4.88. The van der Waals surface area contributed by atoms with Crippen LogP contribution < -0.4 is 10.5 Å². The van der Waals surface area contributed by atoms with Crippen LogP contribution in [-0.4, -0.2) is 75.5 Å². The number of likely N-dealkylation sites (tertiary alicyclic amines) is 1. The lowest BCUT2D eigenvalue weighted by molar-refractivity contribution is -0.131. The molecule has 2 fully saturated rings. The minimum absolute atomic E-state index is 0.0199. The predicted molar refractivity (Wildman–Crippen MR) is 82.3 cm³/mol. The molecule has 0 aromatic rings. The molecule has 3 N–H and O–H groups in total. The third-order valence-corrected chi connectivity index (χ3v) is 5.64. The number of hydrogen-bond acceptors (Lipinski definition) is 5. The zero-order valence-electron chi connectivity index (χ0n) is 12.9. The zero-order valence-corrected chi connectivity index (χ0v) is 13.7. The molecule has 0 spiro atoms. The van der Waals surface area contributed by atoms with Gasteiger partial charge >= 0.3 is 0 Å². The maximum absolute atomic E-state index is 12.0. The van der Waals surface area contributed by atoms with Crippen molar-refractivity contribution >= 4 is 16.1 Å². The van der Waals surface area contributed by atoms with E-state index in [1.54, 1.807) is 4.90 Å². The number of carbonyl (C=O) groups is 1. The van der Waals surface area contributed by atoms with Crippen molar-refractivity contribution in [1.82, 2.24) is 13.9 Å². The molecule has 2 heterocycles. The first-order valence-corrected chi connectivity index (χ1v) is 9.31. The number of amides is 1. The van der Waals surface area contributed by atoms with Gasteiger partial charge in [0.2, 0.25) is 5.91 Å². The van der Waals surface area contributed by atoms with E-state index in [9.17, 15) is 13.2 Å². The Morgan fingerprint density at radius 3 is 2.45 bits per heavy atom. The highest BCUT2D eigenvalue weighted by Gasteiger charge is 2.25. The van der Waals surface area contributed by atoms with Gasteiger partial charge < -0.3 is 15.4 Å². The highest BCUT2D eigenvalue weighted by atomic mass is 32.2. The second-order valence-corrected chi connectivity index (χ2v) is 7.45. The number of nitrogens with two attached hydrogens (primary N) is 1. The van der Waals surface area contributed by atoms with E-state index in [1.807, 2.05) is 0 Å². The molecule has 2 rings (SSSR count). The lowest BCUT2D eigenvalue weighted by atomic mass is 10.1. The van der Waals surface area contributed by atoms with Crippen molar-refractivity contribution in [2.24, 2.45) is 5.73 Å². The summed E-state index contributed by atoms with van der Waals surface area (Å²) in [6.07, 6.45) is 3.11. The van der Waals surface area contributed by atoms with Crippen LogP contribution in [0.15, 0.2) is 0 Å². The zero-order chi connectivity index (χ0) is 16.0. The standard InChI is InChI=1S/C13H26N4O4S/c14-12(13(18)16-6-1-2-7-16)4-3-5-15-22(19,20)17-8-10-21-11-9-17/h12,15H,1-11,14H2/t12-/m0/s1. The Balaban J connectivity index is 1.66. The number of rotatable bonds is 7. The van der Waals surface area contributed by atoms with E-state index in [2.05, 4.69) is 4.72 Å². The van der Waals surface area contributed by atoms with Crippen LogP contribution in [0.4, 0.5) is 0 Å². The van der Waals surface area contributed by atoms with Crippen LogP contribution in [0.1, 0.15) is 25.7 Å². The molecule has 0 unspecified atom stereocenters. The Hall–Kier alpha value is -0.740. The van der Waals surface area contributed by atoms with Crippen LogP contribution in [0.2, 0.25) is 0 Å². The van der Waals surface area contributed by atoms with Gasteiger partial charge in [0.15, 0.2) is 0 Å². The summed E-state index contributed by atoms with van der Waals surface area (Å²) in [5.41, 5.74) is 5.89. The molecule has 2 aliphatic rings. The number of nitrogens with zero attached hydrogens (tertiary/aromatic N) is 2. The smallest absolute Gasteiger partial charge is 0.279 e. The molecule has 1 atom stereocenters. The molecule has 0 bridgehead atoms. The summed E-state index contributed by atoms with van der Waals surface area (Å²) in [5.74, 6) is -0.0199. The molecule has 0 aromatic carbocycles. The van der Waals surface area contributed by atoms with Gasteiger partial charge in [-0.15, -0.1) is 0 Å².